The molecule has 0 aliphatic heterocycles. The van der Waals surface area contributed by atoms with Crippen molar-refractivity contribution in [3.8, 4) is 0 Å². The highest BCUT2D eigenvalue weighted by Gasteiger charge is 2.09. The normalized spacial score (nSPS) is 10.2. The molecule has 0 aliphatic rings. The van der Waals surface area contributed by atoms with Crippen molar-refractivity contribution in [3.05, 3.63) is 41.4 Å². The molecule has 0 bridgehead atoms. The van der Waals surface area contributed by atoms with Crippen LogP contribution in [-0.2, 0) is 6.61 Å². The predicted octanol–water partition coefficient (Wildman–Crippen LogP) is 1.82. The maximum atomic E-state index is 9.24. The van der Waals surface area contributed by atoms with Crippen LogP contribution >= 0.6 is 11.6 Å². The summed E-state index contributed by atoms with van der Waals surface area (Å²) in [4.78, 5) is 1.92. The van der Waals surface area contributed by atoms with Crippen LogP contribution in [-0.4, -0.2) is 29.9 Å². The molecule has 1 aromatic carbocycles. The SMILES string of the molecule is C=CCN(CCO)c1cc(Cl)ccc1CO. The quantitative estimate of drug-likeness (QED) is 0.747. The Balaban J connectivity index is 3.04. The highest BCUT2D eigenvalue weighted by atomic mass is 35.5. The summed E-state index contributed by atoms with van der Waals surface area (Å²) in [5.74, 6) is 0. The monoisotopic (exact) mass is 241 g/mol. The molecule has 1 rings (SSSR count). The van der Waals surface area contributed by atoms with Gasteiger partial charge in [0, 0.05) is 29.4 Å². The number of hydrogen-bond acceptors (Lipinski definition) is 3. The van der Waals surface area contributed by atoms with E-state index < -0.39 is 0 Å². The van der Waals surface area contributed by atoms with Crippen molar-refractivity contribution in [2.75, 3.05) is 24.6 Å². The van der Waals surface area contributed by atoms with Gasteiger partial charge in [-0.15, -0.1) is 6.58 Å². The zero-order valence-corrected chi connectivity index (χ0v) is 9.82. The molecule has 3 nitrogen and oxygen atoms in total. The largest absolute Gasteiger partial charge is 0.395 e. The third-order valence-electron chi connectivity index (χ3n) is 2.28. The van der Waals surface area contributed by atoms with E-state index in [1.54, 1.807) is 24.3 Å². The summed E-state index contributed by atoms with van der Waals surface area (Å²) < 4.78 is 0. The smallest absolute Gasteiger partial charge is 0.0702 e. The van der Waals surface area contributed by atoms with E-state index in [0.717, 1.165) is 11.3 Å². The van der Waals surface area contributed by atoms with Crippen LogP contribution in [0.25, 0.3) is 0 Å². The van der Waals surface area contributed by atoms with Gasteiger partial charge < -0.3 is 15.1 Å². The molecular formula is C12H16ClNO2. The first-order chi connectivity index (χ1) is 7.72. The zero-order valence-electron chi connectivity index (χ0n) is 9.06. The Morgan fingerprint density at radius 2 is 2.12 bits per heavy atom. The van der Waals surface area contributed by atoms with E-state index in [1.807, 2.05) is 4.90 Å². The van der Waals surface area contributed by atoms with Crippen LogP contribution in [0.1, 0.15) is 5.56 Å². The zero-order chi connectivity index (χ0) is 12.0. The van der Waals surface area contributed by atoms with Crippen LogP contribution in [0.5, 0.6) is 0 Å². The molecule has 0 spiro atoms. The van der Waals surface area contributed by atoms with E-state index >= 15 is 0 Å². The minimum absolute atomic E-state index is 0.0468. The van der Waals surface area contributed by atoms with Gasteiger partial charge in [0.1, 0.15) is 0 Å². The molecule has 4 heteroatoms. The molecular weight excluding hydrogens is 226 g/mol. The van der Waals surface area contributed by atoms with Gasteiger partial charge in [-0.25, -0.2) is 0 Å². The summed E-state index contributed by atoms with van der Waals surface area (Å²) in [6.07, 6.45) is 1.75. The maximum Gasteiger partial charge on any atom is 0.0702 e. The third-order valence-corrected chi connectivity index (χ3v) is 2.51. The molecule has 0 saturated carbocycles. The number of hydrogen-bond donors (Lipinski definition) is 2. The molecule has 2 N–H and O–H groups in total. The number of rotatable bonds is 6. The molecule has 88 valence electrons. The van der Waals surface area contributed by atoms with Gasteiger partial charge in [0.25, 0.3) is 0 Å². The van der Waals surface area contributed by atoms with E-state index in [2.05, 4.69) is 6.58 Å². The Morgan fingerprint density at radius 1 is 1.38 bits per heavy atom. The standard InChI is InChI=1S/C12H16ClNO2/c1-2-5-14(6-7-15)12-8-11(13)4-3-10(12)9-16/h2-4,8,15-16H,1,5-7,9H2. The van der Waals surface area contributed by atoms with Gasteiger partial charge >= 0.3 is 0 Å². The fourth-order valence-electron chi connectivity index (χ4n) is 1.55. The first kappa shape index (κ1) is 13.0. The summed E-state index contributed by atoms with van der Waals surface area (Å²) in [7, 11) is 0. The number of aliphatic hydroxyl groups is 2. The van der Waals surface area contributed by atoms with Crippen LogP contribution < -0.4 is 4.90 Å². The highest BCUT2D eigenvalue weighted by molar-refractivity contribution is 6.30. The number of aliphatic hydroxyl groups excluding tert-OH is 2. The number of halogens is 1. The van der Waals surface area contributed by atoms with Crippen LogP contribution in [0.2, 0.25) is 5.02 Å². The Bertz CT molecular complexity index is 355. The summed E-state index contributed by atoms with van der Waals surface area (Å²) in [5.41, 5.74) is 1.63. The molecule has 16 heavy (non-hydrogen) atoms. The van der Waals surface area contributed by atoms with Gasteiger partial charge in [0.15, 0.2) is 0 Å². The van der Waals surface area contributed by atoms with E-state index in [0.29, 0.717) is 18.1 Å². The average Bonchev–Trinajstić information content (AvgIpc) is 2.29. The maximum absolute atomic E-state index is 9.24. The molecule has 0 atom stereocenters. The second-order valence-electron chi connectivity index (χ2n) is 3.39. The van der Waals surface area contributed by atoms with Gasteiger partial charge in [-0.2, -0.15) is 0 Å². The van der Waals surface area contributed by atoms with Crippen LogP contribution in [0, 0.1) is 0 Å². The molecule has 0 unspecified atom stereocenters. The molecule has 0 fully saturated rings. The predicted molar refractivity (Wildman–Crippen MR) is 66.9 cm³/mol. The molecule has 0 amide bonds. The van der Waals surface area contributed by atoms with Crippen molar-refractivity contribution in [2.24, 2.45) is 0 Å². The molecule has 0 saturated heterocycles. The van der Waals surface area contributed by atoms with Gasteiger partial charge in [0.05, 0.1) is 13.2 Å². The fourth-order valence-corrected chi connectivity index (χ4v) is 1.72. The topological polar surface area (TPSA) is 43.7 Å². The lowest BCUT2D eigenvalue weighted by Crippen LogP contribution is -2.27. The third kappa shape index (κ3) is 3.23. The Morgan fingerprint density at radius 3 is 2.69 bits per heavy atom. The second kappa shape index (κ2) is 6.53. The van der Waals surface area contributed by atoms with Crippen molar-refractivity contribution in [3.63, 3.8) is 0 Å². The first-order valence-corrected chi connectivity index (χ1v) is 5.46. The lowest BCUT2D eigenvalue weighted by atomic mass is 10.1. The van der Waals surface area contributed by atoms with Gasteiger partial charge in [-0.05, 0) is 12.1 Å². The van der Waals surface area contributed by atoms with Crippen molar-refractivity contribution in [1.82, 2.24) is 0 Å². The number of anilines is 1. The Hall–Kier alpha value is -1.03. The van der Waals surface area contributed by atoms with Gasteiger partial charge in [-0.3, -0.25) is 0 Å². The summed E-state index contributed by atoms with van der Waals surface area (Å²) in [5, 5.41) is 18.8. The van der Waals surface area contributed by atoms with Crippen LogP contribution in [0.3, 0.4) is 0 Å². The van der Waals surface area contributed by atoms with E-state index in [4.69, 9.17) is 16.7 Å². The average molecular weight is 242 g/mol. The van der Waals surface area contributed by atoms with Gasteiger partial charge in [0.2, 0.25) is 0 Å². The number of nitrogens with zero attached hydrogens (tertiary/aromatic N) is 1. The minimum Gasteiger partial charge on any atom is -0.395 e. The first-order valence-electron chi connectivity index (χ1n) is 5.09. The molecule has 0 radical (unpaired) electrons. The fraction of sp³-hybridized carbons (Fsp3) is 0.333. The Labute approximate surface area is 101 Å². The Kier molecular flexibility index (Phi) is 5.32. The summed E-state index contributed by atoms with van der Waals surface area (Å²) in [6, 6.07) is 5.30. The van der Waals surface area contributed by atoms with E-state index in [1.165, 1.54) is 0 Å². The number of benzene rings is 1. The van der Waals surface area contributed by atoms with Crippen LogP contribution in [0.15, 0.2) is 30.9 Å². The highest BCUT2D eigenvalue weighted by Crippen LogP contribution is 2.24. The molecule has 0 heterocycles. The van der Waals surface area contributed by atoms with Crippen molar-refractivity contribution in [1.29, 1.82) is 0 Å². The van der Waals surface area contributed by atoms with Crippen molar-refractivity contribution >= 4 is 17.3 Å². The van der Waals surface area contributed by atoms with E-state index in [9.17, 15) is 5.11 Å². The van der Waals surface area contributed by atoms with Crippen molar-refractivity contribution in [2.45, 2.75) is 6.61 Å². The minimum atomic E-state index is -0.0500. The second-order valence-corrected chi connectivity index (χ2v) is 3.83. The van der Waals surface area contributed by atoms with Gasteiger partial charge in [-0.1, -0.05) is 23.7 Å². The van der Waals surface area contributed by atoms with Crippen molar-refractivity contribution < 1.29 is 10.2 Å². The molecule has 1 aromatic rings. The summed E-state index contributed by atoms with van der Waals surface area (Å²) in [6.45, 7) is 4.75. The molecule has 0 aromatic heterocycles. The molecule has 0 aliphatic carbocycles. The summed E-state index contributed by atoms with van der Waals surface area (Å²) >= 11 is 5.92. The van der Waals surface area contributed by atoms with E-state index in [-0.39, 0.29) is 13.2 Å². The van der Waals surface area contributed by atoms with Crippen LogP contribution in [0.4, 0.5) is 5.69 Å². The lowest BCUT2D eigenvalue weighted by molar-refractivity contribution is 0.281. The lowest BCUT2D eigenvalue weighted by Gasteiger charge is -2.24.